The summed E-state index contributed by atoms with van der Waals surface area (Å²) in [6, 6.07) is 4.94. The highest BCUT2D eigenvalue weighted by atomic mass is 127. The summed E-state index contributed by atoms with van der Waals surface area (Å²) in [6.45, 7) is 7.63. The summed E-state index contributed by atoms with van der Waals surface area (Å²) >= 11 is 2.02. The summed E-state index contributed by atoms with van der Waals surface area (Å²) in [5.41, 5.74) is 0.493. The minimum absolute atomic E-state index is 0.145. The van der Waals surface area contributed by atoms with Gasteiger partial charge < -0.3 is 15.3 Å². The summed E-state index contributed by atoms with van der Waals surface area (Å²) in [6.07, 6.45) is 0. The van der Waals surface area contributed by atoms with E-state index < -0.39 is 0 Å². The van der Waals surface area contributed by atoms with Gasteiger partial charge in [0.2, 0.25) is 0 Å². The van der Waals surface area contributed by atoms with Gasteiger partial charge in [0.05, 0.1) is 3.57 Å². The van der Waals surface area contributed by atoms with Gasteiger partial charge in [-0.15, -0.1) is 0 Å². The zero-order valence-electron chi connectivity index (χ0n) is 10.7. The Morgan fingerprint density at radius 3 is 2.61 bits per heavy atom. The Bertz CT molecular complexity index is 406. The third-order valence-corrected chi connectivity index (χ3v) is 3.73. The second kappa shape index (κ2) is 7.58. The van der Waals surface area contributed by atoms with E-state index in [2.05, 4.69) is 24.1 Å². The van der Waals surface area contributed by atoms with Gasteiger partial charge in [-0.2, -0.15) is 0 Å². The molecule has 0 bridgehead atoms. The Hall–Kier alpha value is -0.820. The zero-order chi connectivity index (χ0) is 13.5. The molecule has 1 aromatic carbocycles. The molecular formula is C13H19IN2O2. The molecule has 100 valence electrons. The lowest BCUT2D eigenvalue weighted by Crippen LogP contribution is -2.34. The number of carbonyl (C=O) groups excluding carboxylic acids is 1. The van der Waals surface area contributed by atoms with Crippen molar-refractivity contribution in [3.8, 4) is 5.75 Å². The number of phenolic OH excluding ortho intramolecular Hbond substituents is 1. The number of nitrogens with one attached hydrogen (secondary N) is 1. The first-order valence-electron chi connectivity index (χ1n) is 6.07. The van der Waals surface area contributed by atoms with Crippen LogP contribution in [0.5, 0.6) is 5.75 Å². The molecule has 0 fully saturated rings. The summed E-state index contributed by atoms with van der Waals surface area (Å²) in [4.78, 5) is 14.1. The number of phenols is 1. The van der Waals surface area contributed by atoms with Crippen molar-refractivity contribution < 1.29 is 9.90 Å². The highest BCUT2D eigenvalue weighted by Gasteiger charge is 2.08. The number of likely N-dealkylation sites (N-methyl/N-ethyl adjacent to an activating group) is 1. The van der Waals surface area contributed by atoms with Crippen LogP contribution in [0.25, 0.3) is 0 Å². The molecule has 0 aliphatic heterocycles. The predicted molar refractivity (Wildman–Crippen MR) is 80.9 cm³/mol. The predicted octanol–water partition coefficient (Wildman–Crippen LogP) is 2.07. The van der Waals surface area contributed by atoms with E-state index in [1.165, 1.54) is 6.07 Å². The van der Waals surface area contributed by atoms with Crippen molar-refractivity contribution in [2.75, 3.05) is 26.2 Å². The van der Waals surface area contributed by atoms with Crippen LogP contribution >= 0.6 is 22.6 Å². The van der Waals surface area contributed by atoms with Gasteiger partial charge in [-0.1, -0.05) is 13.8 Å². The Balaban J connectivity index is 2.48. The van der Waals surface area contributed by atoms with Crippen LogP contribution in [0.2, 0.25) is 0 Å². The Morgan fingerprint density at radius 1 is 1.39 bits per heavy atom. The lowest BCUT2D eigenvalue weighted by molar-refractivity contribution is 0.0948. The first-order valence-corrected chi connectivity index (χ1v) is 7.15. The molecule has 0 saturated heterocycles. The van der Waals surface area contributed by atoms with Crippen molar-refractivity contribution in [2.24, 2.45) is 0 Å². The van der Waals surface area contributed by atoms with E-state index >= 15 is 0 Å². The monoisotopic (exact) mass is 362 g/mol. The van der Waals surface area contributed by atoms with Crippen molar-refractivity contribution in [3.05, 3.63) is 27.3 Å². The average molecular weight is 362 g/mol. The Kier molecular flexibility index (Phi) is 6.42. The molecule has 0 aliphatic carbocycles. The first-order chi connectivity index (χ1) is 8.58. The number of rotatable bonds is 6. The van der Waals surface area contributed by atoms with Gasteiger partial charge in [-0.3, -0.25) is 4.79 Å². The largest absolute Gasteiger partial charge is 0.507 e. The molecular weight excluding hydrogens is 343 g/mol. The number of amides is 1. The summed E-state index contributed by atoms with van der Waals surface area (Å²) in [7, 11) is 0. The van der Waals surface area contributed by atoms with Crippen molar-refractivity contribution in [3.63, 3.8) is 0 Å². The fourth-order valence-corrected chi connectivity index (χ4v) is 1.96. The minimum atomic E-state index is -0.145. The van der Waals surface area contributed by atoms with Crippen LogP contribution < -0.4 is 5.32 Å². The topological polar surface area (TPSA) is 52.6 Å². The molecule has 0 spiro atoms. The van der Waals surface area contributed by atoms with E-state index in [1.807, 2.05) is 22.6 Å². The number of benzene rings is 1. The third kappa shape index (κ3) is 4.45. The van der Waals surface area contributed by atoms with E-state index in [4.69, 9.17) is 0 Å². The molecule has 1 rings (SSSR count). The van der Waals surface area contributed by atoms with Gasteiger partial charge in [-0.05, 0) is 53.9 Å². The molecule has 0 unspecified atom stereocenters. The third-order valence-electron chi connectivity index (χ3n) is 2.82. The molecule has 18 heavy (non-hydrogen) atoms. The summed E-state index contributed by atoms with van der Waals surface area (Å²) in [5, 5.41) is 12.4. The number of hydrogen-bond donors (Lipinski definition) is 2. The van der Waals surface area contributed by atoms with Gasteiger partial charge in [0.15, 0.2) is 0 Å². The quantitative estimate of drug-likeness (QED) is 0.762. The molecule has 0 saturated carbocycles. The highest BCUT2D eigenvalue weighted by molar-refractivity contribution is 14.1. The lowest BCUT2D eigenvalue weighted by Gasteiger charge is -2.17. The van der Waals surface area contributed by atoms with E-state index in [-0.39, 0.29) is 11.7 Å². The minimum Gasteiger partial charge on any atom is -0.507 e. The van der Waals surface area contributed by atoms with Crippen LogP contribution in [0.1, 0.15) is 24.2 Å². The number of halogens is 1. The standard InChI is InChI=1S/C13H19IN2O2/c1-3-16(4-2)8-7-15-13(18)10-5-6-11(14)12(17)9-10/h5-6,9,17H,3-4,7-8H2,1-2H3,(H,15,18). The summed E-state index contributed by atoms with van der Waals surface area (Å²) < 4.78 is 0.743. The van der Waals surface area contributed by atoms with Crippen LogP contribution in [0.3, 0.4) is 0 Å². The molecule has 1 aromatic rings. The molecule has 0 aromatic heterocycles. The molecule has 5 heteroatoms. The Labute approximate surface area is 122 Å². The van der Waals surface area contributed by atoms with Crippen LogP contribution in [0.4, 0.5) is 0 Å². The molecule has 0 atom stereocenters. The van der Waals surface area contributed by atoms with Crippen molar-refractivity contribution in [2.45, 2.75) is 13.8 Å². The van der Waals surface area contributed by atoms with Gasteiger partial charge in [0.25, 0.3) is 5.91 Å². The van der Waals surface area contributed by atoms with E-state index in [0.29, 0.717) is 12.1 Å². The normalized spacial score (nSPS) is 10.7. The number of aromatic hydroxyl groups is 1. The number of nitrogens with zero attached hydrogens (tertiary/aromatic N) is 1. The van der Waals surface area contributed by atoms with Crippen molar-refractivity contribution >= 4 is 28.5 Å². The maximum absolute atomic E-state index is 11.8. The smallest absolute Gasteiger partial charge is 0.251 e. The highest BCUT2D eigenvalue weighted by Crippen LogP contribution is 2.20. The fourth-order valence-electron chi connectivity index (χ4n) is 1.62. The van der Waals surface area contributed by atoms with Crippen LogP contribution in [0.15, 0.2) is 18.2 Å². The van der Waals surface area contributed by atoms with Gasteiger partial charge in [-0.25, -0.2) is 0 Å². The van der Waals surface area contributed by atoms with Gasteiger partial charge in [0.1, 0.15) is 5.75 Å². The first kappa shape index (κ1) is 15.2. The zero-order valence-corrected chi connectivity index (χ0v) is 12.9. The van der Waals surface area contributed by atoms with Crippen molar-refractivity contribution in [1.29, 1.82) is 0 Å². The second-order valence-corrected chi connectivity index (χ2v) is 5.11. The lowest BCUT2D eigenvalue weighted by atomic mass is 10.2. The van der Waals surface area contributed by atoms with E-state index in [0.717, 1.165) is 23.2 Å². The molecule has 0 heterocycles. The molecule has 0 aliphatic rings. The maximum Gasteiger partial charge on any atom is 0.251 e. The van der Waals surface area contributed by atoms with Gasteiger partial charge >= 0.3 is 0 Å². The number of hydrogen-bond acceptors (Lipinski definition) is 3. The van der Waals surface area contributed by atoms with Crippen LogP contribution in [0, 0.1) is 3.57 Å². The van der Waals surface area contributed by atoms with E-state index in [9.17, 15) is 9.90 Å². The van der Waals surface area contributed by atoms with Gasteiger partial charge in [0, 0.05) is 18.7 Å². The van der Waals surface area contributed by atoms with Crippen LogP contribution in [-0.4, -0.2) is 42.1 Å². The average Bonchev–Trinajstić information content (AvgIpc) is 2.37. The molecule has 2 N–H and O–H groups in total. The molecule has 4 nitrogen and oxygen atoms in total. The fraction of sp³-hybridized carbons (Fsp3) is 0.462. The maximum atomic E-state index is 11.8. The SMILES string of the molecule is CCN(CC)CCNC(=O)c1ccc(I)c(O)c1. The second-order valence-electron chi connectivity index (χ2n) is 3.95. The van der Waals surface area contributed by atoms with Crippen molar-refractivity contribution in [1.82, 2.24) is 10.2 Å². The van der Waals surface area contributed by atoms with Crippen LogP contribution in [-0.2, 0) is 0 Å². The molecule has 0 radical (unpaired) electrons. The van der Waals surface area contributed by atoms with E-state index in [1.54, 1.807) is 12.1 Å². The molecule has 1 amide bonds. The Morgan fingerprint density at radius 2 is 2.06 bits per heavy atom. The number of carbonyl (C=O) groups is 1. The summed E-state index contributed by atoms with van der Waals surface area (Å²) in [5.74, 6) is 0.000786.